The third kappa shape index (κ3) is 4.86. The maximum absolute atomic E-state index is 12.5. The molecule has 0 atom stereocenters. The monoisotopic (exact) mass is 448 g/mol. The Hall–Kier alpha value is -3.92. The maximum Gasteiger partial charge on any atom is 0.261 e. The number of nitrogens with zero attached hydrogens (tertiary/aromatic N) is 3. The second kappa shape index (κ2) is 9.48. The van der Waals surface area contributed by atoms with E-state index in [1.54, 1.807) is 24.3 Å². The third-order valence-electron chi connectivity index (χ3n) is 4.55. The van der Waals surface area contributed by atoms with Crippen LogP contribution in [0.1, 0.15) is 5.56 Å². The lowest BCUT2D eigenvalue weighted by molar-refractivity contribution is -0.114. The van der Waals surface area contributed by atoms with Crippen molar-refractivity contribution in [1.29, 1.82) is 0 Å². The smallest absolute Gasteiger partial charge is 0.261 e. The average Bonchev–Trinajstić information content (AvgIpc) is 3.19. The molecular formula is C22H20N6O3S. The predicted molar refractivity (Wildman–Crippen MR) is 125 cm³/mol. The van der Waals surface area contributed by atoms with Crippen LogP contribution in [0.15, 0.2) is 65.8 Å². The van der Waals surface area contributed by atoms with Gasteiger partial charge in [-0.1, -0.05) is 24.3 Å². The number of hydrogen-bond donors (Lipinski definition) is 3. The van der Waals surface area contributed by atoms with Gasteiger partial charge in [0.1, 0.15) is 5.39 Å². The van der Waals surface area contributed by atoms with Crippen molar-refractivity contribution in [2.24, 2.45) is 0 Å². The number of fused-ring (bicyclic) bond motifs is 1. The van der Waals surface area contributed by atoms with Crippen LogP contribution in [0.3, 0.4) is 0 Å². The minimum Gasteiger partial charge on any atom is -0.325 e. The molecule has 4 rings (SSSR count). The highest BCUT2D eigenvalue weighted by atomic mass is 32.2. The number of amides is 2. The predicted octanol–water partition coefficient (Wildman–Crippen LogP) is 2.73. The zero-order valence-electron chi connectivity index (χ0n) is 17.2. The van der Waals surface area contributed by atoms with Crippen LogP contribution >= 0.6 is 11.8 Å². The van der Waals surface area contributed by atoms with E-state index in [4.69, 9.17) is 0 Å². The molecule has 4 aromatic rings. The Morgan fingerprint density at radius 1 is 1.06 bits per heavy atom. The van der Waals surface area contributed by atoms with Gasteiger partial charge in [0.05, 0.1) is 35.4 Å². The van der Waals surface area contributed by atoms with E-state index < -0.39 is 0 Å². The molecule has 162 valence electrons. The summed E-state index contributed by atoms with van der Waals surface area (Å²) in [6.07, 6.45) is 2.74. The minimum atomic E-state index is -0.289. The van der Waals surface area contributed by atoms with Crippen LogP contribution in [-0.2, 0) is 9.59 Å². The lowest BCUT2D eigenvalue weighted by Gasteiger charge is -2.11. The van der Waals surface area contributed by atoms with E-state index in [1.165, 1.54) is 29.0 Å². The van der Waals surface area contributed by atoms with E-state index >= 15 is 0 Å². The average molecular weight is 449 g/mol. The molecule has 9 nitrogen and oxygen atoms in total. The Balaban J connectivity index is 1.38. The molecule has 32 heavy (non-hydrogen) atoms. The third-order valence-corrected chi connectivity index (χ3v) is 5.48. The minimum absolute atomic E-state index is 0.105. The fourth-order valence-corrected chi connectivity index (χ4v) is 3.76. The summed E-state index contributed by atoms with van der Waals surface area (Å²) in [5.41, 5.74) is 2.98. The van der Waals surface area contributed by atoms with Crippen LogP contribution in [0.2, 0.25) is 0 Å². The maximum atomic E-state index is 12.5. The first-order valence-electron chi connectivity index (χ1n) is 9.76. The van der Waals surface area contributed by atoms with Crippen molar-refractivity contribution >= 4 is 46.0 Å². The molecule has 2 aromatic carbocycles. The van der Waals surface area contributed by atoms with Crippen molar-refractivity contribution < 1.29 is 9.59 Å². The molecule has 0 aliphatic carbocycles. The van der Waals surface area contributed by atoms with Gasteiger partial charge in [-0.3, -0.25) is 14.4 Å². The summed E-state index contributed by atoms with van der Waals surface area (Å²) in [5.74, 6) is -0.173. The van der Waals surface area contributed by atoms with Crippen LogP contribution < -0.4 is 16.2 Å². The van der Waals surface area contributed by atoms with Gasteiger partial charge >= 0.3 is 0 Å². The molecule has 0 unspecified atom stereocenters. The number of carbonyl (C=O) groups is 2. The molecule has 0 aliphatic rings. The molecule has 0 aliphatic heterocycles. The summed E-state index contributed by atoms with van der Waals surface area (Å²) in [6.45, 7) is 1.95. The van der Waals surface area contributed by atoms with Gasteiger partial charge in [-0.05, 0) is 36.8 Å². The number of carbonyl (C=O) groups excluding carboxylic acids is 2. The number of para-hydroxylation sites is 2. The molecule has 10 heteroatoms. The van der Waals surface area contributed by atoms with Gasteiger partial charge in [-0.2, -0.15) is 5.10 Å². The van der Waals surface area contributed by atoms with E-state index in [0.717, 1.165) is 11.3 Å². The number of H-pyrrole nitrogens is 1. The van der Waals surface area contributed by atoms with Crippen molar-refractivity contribution in [3.63, 3.8) is 0 Å². The normalized spacial score (nSPS) is 10.8. The Morgan fingerprint density at radius 3 is 2.66 bits per heavy atom. The number of thioether (sulfide) groups is 1. The fraction of sp³-hybridized carbons (Fsp3) is 0.136. The first kappa shape index (κ1) is 21.3. The van der Waals surface area contributed by atoms with E-state index in [9.17, 15) is 14.4 Å². The summed E-state index contributed by atoms with van der Waals surface area (Å²) in [5, 5.41) is 10.3. The molecule has 2 aromatic heterocycles. The van der Waals surface area contributed by atoms with E-state index in [1.807, 2.05) is 31.2 Å². The van der Waals surface area contributed by atoms with Crippen LogP contribution in [0, 0.1) is 6.92 Å². The molecule has 0 saturated heterocycles. The van der Waals surface area contributed by atoms with Crippen molar-refractivity contribution in [1.82, 2.24) is 19.7 Å². The lowest BCUT2D eigenvalue weighted by atomic mass is 10.2. The summed E-state index contributed by atoms with van der Waals surface area (Å²) in [6, 6.07) is 14.6. The summed E-state index contributed by atoms with van der Waals surface area (Å²) in [4.78, 5) is 43.2. The van der Waals surface area contributed by atoms with Gasteiger partial charge in [0, 0.05) is 5.69 Å². The second-order valence-electron chi connectivity index (χ2n) is 7.00. The highest BCUT2D eigenvalue weighted by molar-refractivity contribution is 8.00. The van der Waals surface area contributed by atoms with Gasteiger partial charge < -0.3 is 15.6 Å². The SMILES string of the molecule is Cc1cccc(NC(=O)CSCC(=O)Nc2ccccc2-n2ncc3c(=O)[nH]cnc32)c1. The van der Waals surface area contributed by atoms with E-state index in [2.05, 4.69) is 25.7 Å². The topological polar surface area (TPSA) is 122 Å². The Morgan fingerprint density at radius 2 is 1.84 bits per heavy atom. The van der Waals surface area contributed by atoms with Crippen molar-refractivity contribution in [2.45, 2.75) is 6.92 Å². The number of nitrogens with one attached hydrogen (secondary N) is 3. The Kier molecular flexibility index (Phi) is 6.31. The molecule has 0 saturated carbocycles. The number of aromatic nitrogens is 4. The van der Waals surface area contributed by atoms with Gasteiger partial charge in [0.25, 0.3) is 5.56 Å². The number of aromatic amines is 1. The molecule has 2 amide bonds. The summed E-state index contributed by atoms with van der Waals surface area (Å²) in [7, 11) is 0. The molecule has 0 radical (unpaired) electrons. The number of rotatable bonds is 7. The van der Waals surface area contributed by atoms with Crippen molar-refractivity contribution in [3.05, 3.63) is 77.0 Å². The molecule has 2 heterocycles. The van der Waals surface area contributed by atoms with Crippen LogP contribution in [0.5, 0.6) is 0 Å². The van der Waals surface area contributed by atoms with Crippen molar-refractivity contribution in [2.75, 3.05) is 22.1 Å². The molecule has 0 fully saturated rings. The van der Waals surface area contributed by atoms with Gasteiger partial charge in [0.15, 0.2) is 5.65 Å². The molecule has 3 N–H and O–H groups in total. The zero-order valence-corrected chi connectivity index (χ0v) is 18.0. The standard InChI is InChI=1S/C22H20N6O3S/c1-14-5-4-6-15(9-14)26-19(29)11-32-12-20(30)27-17-7-2-3-8-18(17)28-21-16(10-25-28)22(31)24-13-23-21/h2-10,13H,11-12H2,1H3,(H,26,29)(H,27,30)(H,23,24,31). The second-order valence-corrected chi connectivity index (χ2v) is 7.99. The van der Waals surface area contributed by atoms with Gasteiger partial charge in [-0.15, -0.1) is 11.8 Å². The van der Waals surface area contributed by atoms with Gasteiger partial charge in [-0.25, -0.2) is 9.67 Å². The van der Waals surface area contributed by atoms with Crippen LogP contribution in [-0.4, -0.2) is 43.1 Å². The largest absolute Gasteiger partial charge is 0.325 e. The molecular weight excluding hydrogens is 428 g/mol. The highest BCUT2D eigenvalue weighted by Crippen LogP contribution is 2.22. The highest BCUT2D eigenvalue weighted by Gasteiger charge is 2.14. The first-order chi connectivity index (χ1) is 15.5. The number of hydrogen-bond acceptors (Lipinski definition) is 6. The Bertz CT molecular complexity index is 1350. The number of anilines is 2. The quantitative estimate of drug-likeness (QED) is 0.400. The first-order valence-corrected chi connectivity index (χ1v) is 10.9. The summed E-state index contributed by atoms with van der Waals surface area (Å²) < 4.78 is 1.50. The Labute approximate surface area is 187 Å². The number of benzene rings is 2. The van der Waals surface area contributed by atoms with E-state index in [0.29, 0.717) is 22.4 Å². The lowest BCUT2D eigenvalue weighted by Crippen LogP contribution is -2.19. The van der Waals surface area contributed by atoms with Crippen LogP contribution in [0.25, 0.3) is 16.7 Å². The van der Waals surface area contributed by atoms with E-state index in [-0.39, 0.29) is 28.9 Å². The fourth-order valence-electron chi connectivity index (χ4n) is 3.14. The molecule has 0 spiro atoms. The zero-order chi connectivity index (χ0) is 22.5. The van der Waals surface area contributed by atoms with Gasteiger partial charge in [0.2, 0.25) is 11.8 Å². The van der Waals surface area contributed by atoms with Crippen LogP contribution in [0.4, 0.5) is 11.4 Å². The summed E-state index contributed by atoms with van der Waals surface area (Å²) >= 11 is 1.22. The molecule has 0 bridgehead atoms. The number of aryl methyl sites for hydroxylation is 1. The van der Waals surface area contributed by atoms with Crippen molar-refractivity contribution in [3.8, 4) is 5.69 Å².